The fourth-order valence-corrected chi connectivity index (χ4v) is 4.36. The van der Waals surface area contributed by atoms with Crippen molar-refractivity contribution in [3.8, 4) is 11.1 Å². The van der Waals surface area contributed by atoms with E-state index in [4.69, 9.17) is 4.98 Å². The van der Waals surface area contributed by atoms with Crippen LogP contribution in [0.25, 0.3) is 22.0 Å². The molecule has 0 saturated heterocycles. The summed E-state index contributed by atoms with van der Waals surface area (Å²) < 4.78 is 0. The first kappa shape index (κ1) is 22.3. The number of aromatic nitrogens is 1. The minimum absolute atomic E-state index is 0. The first-order valence-corrected chi connectivity index (χ1v) is 10.1. The Labute approximate surface area is 190 Å². The molecule has 0 unspecified atom stereocenters. The average Bonchev–Trinajstić information content (AvgIpc) is 2.95. The van der Waals surface area contributed by atoms with Gasteiger partial charge < -0.3 is 0 Å². The molecule has 2 heterocycles. The van der Waals surface area contributed by atoms with E-state index in [1.165, 1.54) is 33.3 Å². The van der Waals surface area contributed by atoms with Gasteiger partial charge in [0.15, 0.2) is 0 Å². The van der Waals surface area contributed by atoms with E-state index in [1.807, 2.05) is 0 Å². The lowest BCUT2D eigenvalue weighted by atomic mass is 9.93. The number of nitrogens with zero attached hydrogens (tertiary/aromatic N) is 2. The molecule has 2 nitrogen and oxygen atoms in total. The van der Waals surface area contributed by atoms with Gasteiger partial charge in [0.25, 0.3) is 0 Å². The van der Waals surface area contributed by atoms with Gasteiger partial charge in [-0.1, -0.05) is 78.9 Å². The van der Waals surface area contributed by atoms with E-state index in [0.717, 1.165) is 38.0 Å². The molecule has 0 radical (unpaired) electrons. The molecular weight excluding hydrogens is 411 g/mol. The van der Waals surface area contributed by atoms with Gasteiger partial charge in [0, 0.05) is 24.2 Å². The Morgan fingerprint density at radius 1 is 0.767 bits per heavy atom. The van der Waals surface area contributed by atoms with Crippen LogP contribution in [0.5, 0.6) is 0 Å². The Morgan fingerprint density at radius 3 is 2.20 bits per heavy atom. The molecule has 5 rings (SSSR count). The van der Waals surface area contributed by atoms with Crippen LogP contribution in [0, 0.1) is 0 Å². The summed E-state index contributed by atoms with van der Waals surface area (Å²) >= 11 is 0. The lowest BCUT2D eigenvalue weighted by Crippen LogP contribution is -2.23. The summed E-state index contributed by atoms with van der Waals surface area (Å²) in [6.45, 7) is 3.05. The zero-order valence-electron chi connectivity index (χ0n) is 16.8. The number of benzene rings is 3. The molecule has 0 fully saturated rings. The highest BCUT2D eigenvalue weighted by molar-refractivity contribution is 5.96. The first-order valence-electron chi connectivity index (χ1n) is 10.1. The Balaban J connectivity index is 0.00000128. The lowest BCUT2D eigenvalue weighted by Gasteiger charge is -2.23. The third kappa shape index (κ3) is 4.52. The molecular formula is C26H26Cl2N2. The SMILES string of the molecule is Cl.Cl.c1ccc(CN2CCCc3nc4ccccc4c(-c4ccccc4)c3C2)cc1. The molecule has 1 aliphatic heterocycles. The molecule has 0 atom stereocenters. The van der Waals surface area contributed by atoms with Gasteiger partial charge in [0.1, 0.15) is 0 Å². The van der Waals surface area contributed by atoms with Gasteiger partial charge >= 0.3 is 0 Å². The molecule has 0 amide bonds. The topological polar surface area (TPSA) is 16.1 Å². The molecule has 0 spiro atoms. The van der Waals surface area contributed by atoms with E-state index < -0.39 is 0 Å². The van der Waals surface area contributed by atoms with Gasteiger partial charge in [-0.2, -0.15) is 0 Å². The van der Waals surface area contributed by atoms with E-state index in [0.29, 0.717) is 0 Å². The van der Waals surface area contributed by atoms with E-state index in [9.17, 15) is 0 Å². The predicted molar refractivity (Wildman–Crippen MR) is 131 cm³/mol. The Hall–Kier alpha value is -2.39. The lowest BCUT2D eigenvalue weighted by molar-refractivity contribution is 0.261. The summed E-state index contributed by atoms with van der Waals surface area (Å²) in [6, 6.07) is 30.2. The van der Waals surface area contributed by atoms with E-state index >= 15 is 0 Å². The maximum atomic E-state index is 5.08. The third-order valence-electron chi connectivity index (χ3n) is 5.66. The normalized spacial score (nSPS) is 13.6. The van der Waals surface area contributed by atoms with Crippen LogP contribution in [0.3, 0.4) is 0 Å². The summed E-state index contributed by atoms with van der Waals surface area (Å²) in [5.74, 6) is 0. The van der Waals surface area contributed by atoms with E-state index in [-0.39, 0.29) is 24.8 Å². The highest BCUT2D eigenvalue weighted by atomic mass is 35.5. The molecule has 4 heteroatoms. The molecule has 0 bridgehead atoms. The van der Waals surface area contributed by atoms with Crippen LogP contribution in [-0.4, -0.2) is 16.4 Å². The molecule has 3 aromatic carbocycles. The number of hydrogen-bond acceptors (Lipinski definition) is 2. The maximum absolute atomic E-state index is 5.08. The largest absolute Gasteiger partial charge is 0.295 e. The smallest absolute Gasteiger partial charge is 0.0711 e. The minimum Gasteiger partial charge on any atom is -0.295 e. The van der Waals surface area contributed by atoms with Gasteiger partial charge in [-0.25, -0.2) is 0 Å². The van der Waals surface area contributed by atoms with Crippen molar-refractivity contribution in [2.24, 2.45) is 0 Å². The number of hydrogen-bond donors (Lipinski definition) is 0. The van der Waals surface area contributed by atoms with Crippen LogP contribution in [-0.2, 0) is 19.5 Å². The van der Waals surface area contributed by atoms with E-state index in [2.05, 4.69) is 89.8 Å². The van der Waals surface area contributed by atoms with Gasteiger partial charge in [-0.15, -0.1) is 24.8 Å². The van der Waals surface area contributed by atoms with Gasteiger partial charge in [-0.3, -0.25) is 9.88 Å². The van der Waals surface area contributed by atoms with Crippen molar-refractivity contribution < 1.29 is 0 Å². The van der Waals surface area contributed by atoms with Gasteiger partial charge in [0.05, 0.1) is 5.52 Å². The molecule has 30 heavy (non-hydrogen) atoms. The number of aryl methyl sites for hydroxylation is 1. The molecule has 0 saturated carbocycles. The highest BCUT2D eigenvalue weighted by Gasteiger charge is 2.21. The minimum atomic E-state index is 0. The second-order valence-corrected chi connectivity index (χ2v) is 7.60. The number of halogens is 2. The second kappa shape index (κ2) is 10.1. The molecule has 154 valence electrons. The second-order valence-electron chi connectivity index (χ2n) is 7.60. The highest BCUT2D eigenvalue weighted by Crippen LogP contribution is 2.35. The maximum Gasteiger partial charge on any atom is 0.0711 e. The zero-order chi connectivity index (χ0) is 18.8. The molecule has 4 aromatic rings. The molecule has 1 aliphatic rings. The summed E-state index contributed by atoms with van der Waals surface area (Å²) in [7, 11) is 0. The van der Waals surface area contributed by atoms with Crippen LogP contribution in [0.4, 0.5) is 0 Å². The zero-order valence-corrected chi connectivity index (χ0v) is 18.5. The van der Waals surface area contributed by atoms with Crippen molar-refractivity contribution in [2.45, 2.75) is 25.9 Å². The van der Waals surface area contributed by atoms with Crippen molar-refractivity contribution >= 4 is 35.7 Å². The van der Waals surface area contributed by atoms with Crippen LogP contribution >= 0.6 is 24.8 Å². The van der Waals surface area contributed by atoms with Crippen molar-refractivity contribution in [3.05, 3.63) is 102 Å². The van der Waals surface area contributed by atoms with Crippen molar-refractivity contribution in [3.63, 3.8) is 0 Å². The fourth-order valence-electron chi connectivity index (χ4n) is 4.36. The predicted octanol–water partition coefficient (Wildman–Crippen LogP) is 6.69. The van der Waals surface area contributed by atoms with Crippen LogP contribution in [0.15, 0.2) is 84.9 Å². The van der Waals surface area contributed by atoms with Gasteiger partial charge in [-0.05, 0) is 47.7 Å². The first-order chi connectivity index (χ1) is 13.9. The summed E-state index contributed by atoms with van der Waals surface area (Å²) in [6.07, 6.45) is 2.20. The summed E-state index contributed by atoms with van der Waals surface area (Å²) in [5.41, 5.74) is 7.81. The quantitative estimate of drug-likeness (QED) is 0.355. The Morgan fingerprint density at radius 2 is 1.43 bits per heavy atom. The number of rotatable bonds is 3. The Kier molecular flexibility index (Phi) is 7.49. The number of pyridine rings is 1. The van der Waals surface area contributed by atoms with Crippen molar-refractivity contribution in [2.75, 3.05) is 6.54 Å². The summed E-state index contributed by atoms with van der Waals surface area (Å²) in [4.78, 5) is 7.65. The summed E-state index contributed by atoms with van der Waals surface area (Å²) in [5, 5.41) is 1.26. The van der Waals surface area contributed by atoms with E-state index in [1.54, 1.807) is 0 Å². The average molecular weight is 437 g/mol. The van der Waals surface area contributed by atoms with Crippen LogP contribution in [0.1, 0.15) is 23.2 Å². The van der Waals surface area contributed by atoms with Crippen LogP contribution < -0.4 is 0 Å². The third-order valence-corrected chi connectivity index (χ3v) is 5.66. The van der Waals surface area contributed by atoms with Gasteiger partial charge in [0.2, 0.25) is 0 Å². The fraction of sp³-hybridized carbons (Fsp3) is 0.192. The molecule has 0 N–H and O–H groups in total. The van der Waals surface area contributed by atoms with Crippen LogP contribution in [0.2, 0.25) is 0 Å². The molecule has 0 aliphatic carbocycles. The Bertz CT molecular complexity index is 1100. The molecule has 1 aromatic heterocycles. The number of fused-ring (bicyclic) bond motifs is 2. The van der Waals surface area contributed by atoms with Crippen molar-refractivity contribution in [1.29, 1.82) is 0 Å². The monoisotopic (exact) mass is 436 g/mol. The van der Waals surface area contributed by atoms with Crippen molar-refractivity contribution in [1.82, 2.24) is 9.88 Å². The number of para-hydroxylation sites is 1. The standard InChI is InChI=1S/C26H24N2.2ClH/c1-3-10-20(11-4-1)18-28-17-9-16-25-23(19-28)26(21-12-5-2-6-13-21)22-14-7-8-15-24(22)27-25;;/h1-8,10-15H,9,16-19H2;2*1H.